The van der Waals surface area contributed by atoms with Crippen LogP contribution < -0.4 is 5.73 Å². The van der Waals surface area contributed by atoms with Crippen LogP contribution in [0.3, 0.4) is 0 Å². The lowest BCUT2D eigenvalue weighted by Gasteiger charge is -2.03. The molecule has 0 aliphatic rings. The molecule has 2 rings (SSSR count). The number of benzene rings is 1. The molecule has 0 aliphatic carbocycles. The van der Waals surface area contributed by atoms with Crippen LogP contribution in [0.4, 0.5) is 14.5 Å². The van der Waals surface area contributed by atoms with E-state index in [1.54, 1.807) is 0 Å². The second kappa shape index (κ2) is 3.16. The van der Waals surface area contributed by atoms with Crippen LogP contribution in [0.1, 0.15) is 0 Å². The second-order valence-electron chi connectivity index (χ2n) is 2.82. The fourth-order valence-electron chi connectivity index (χ4n) is 1.20. The van der Waals surface area contributed by atoms with E-state index >= 15 is 0 Å². The quantitative estimate of drug-likeness (QED) is 0.739. The molecule has 1 aromatic heterocycles. The Kier molecular flexibility index (Phi) is 2.11. The number of aromatic nitrogens is 1. The summed E-state index contributed by atoms with van der Waals surface area (Å²) in [5.74, 6) is -1.34. The highest BCUT2D eigenvalue weighted by atomic mass is 79.9. The van der Waals surface area contributed by atoms with Gasteiger partial charge in [0.15, 0.2) is 0 Å². The normalized spacial score (nSPS) is 10.8. The van der Waals surface area contributed by atoms with Crippen molar-refractivity contribution < 1.29 is 8.78 Å². The average molecular weight is 259 g/mol. The van der Waals surface area contributed by atoms with Crippen molar-refractivity contribution in [1.29, 1.82) is 0 Å². The summed E-state index contributed by atoms with van der Waals surface area (Å²) in [6, 6.07) is 2.22. The second-order valence-corrected chi connectivity index (χ2v) is 3.61. The molecule has 1 aromatic carbocycles. The molecule has 1 heterocycles. The van der Waals surface area contributed by atoms with E-state index in [4.69, 9.17) is 5.73 Å². The third kappa shape index (κ3) is 1.33. The SMILES string of the molecule is Nc1cnc2c(Br)c(F)cc(F)c2c1. The van der Waals surface area contributed by atoms with Crippen LogP contribution >= 0.6 is 15.9 Å². The van der Waals surface area contributed by atoms with Crippen molar-refractivity contribution in [2.75, 3.05) is 5.73 Å². The van der Waals surface area contributed by atoms with Gasteiger partial charge in [-0.25, -0.2) is 8.78 Å². The van der Waals surface area contributed by atoms with Gasteiger partial charge in [-0.2, -0.15) is 0 Å². The third-order valence-corrected chi connectivity index (χ3v) is 2.59. The van der Waals surface area contributed by atoms with Gasteiger partial charge in [-0.3, -0.25) is 4.98 Å². The van der Waals surface area contributed by atoms with E-state index in [0.717, 1.165) is 6.07 Å². The van der Waals surface area contributed by atoms with Crippen molar-refractivity contribution in [1.82, 2.24) is 4.98 Å². The van der Waals surface area contributed by atoms with Crippen LogP contribution in [0.15, 0.2) is 22.8 Å². The van der Waals surface area contributed by atoms with Crippen LogP contribution in [0, 0.1) is 11.6 Å². The van der Waals surface area contributed by atoms with E-state index in [9.17, 15) is 8.78 Å². The maximum Gasteiger partial charge on any atom is 0.142 e. The Morgan fingerprint density at radius 2 is 1.93 bits per heavy atom. The first kappa shape index (κ1) is 9.33. The highest BCUT2D eigenvalue weighted by Gasteiger charge is 2.11. The minimum Gasteiger partial charge on any atom is -0.397 e. The van der Waals surface area contributed by atoms with Gasteiger partial charge in [-0.05, 0) is 22.0 Å². The fourth-order valence-corrected chi connectivity index (χ4v) is 1.63. The summed E-state index contributed by atoms with van der Waals surface area (Å²) < 4.78 is 26.4. The van der Waals surface area contributed by atoms with Crippen molar-refractivity contribution in [2.24, 2.45) is 0 Å². The van der Waals surface area contributed by atoms with E-state index in [1.807, 2.05) is 0 Å². The summed E-state index contributed by atoms with van der Waals surface area (Å²) in [4.78, 5) is 3.85. The van der Waals surface area contributed by atoms with E-state index < -0.39 is 11.6 Å². The predicted octanol–water partition coefficient (Wildman–Crippen LogP) is 2.86. The molecular weight excluding hydrogens is 254 g/mol. The molecule has 0 radical (unpaired) electrons. The van der Waals surface area contributed by atoms with Gasteiger partial charge in [0, 0.05) is 11.5 Å². The lowest BCUT2D eigenvalue weighted by molar-refractivity contribution is 0.587. The Balaban J connectivity index is 2.94. The van der Waals surface area contributed by atoms with E-state index in [1.165, 1.54) is 12.3 Å². The molecule has 2 N–H and O–H groups in total. The minimum absolute atomic E-state index is 0.147. The van der Waals surface area contributed by atoms with Gasteiger partial charge >= 0.3 is 0 Å². The van der Waals surface area contributed by atoms with E-state index in [0.29, 0.717) is 5.69 Å². The maximum atomic E-state index is 13.3. The van der Waals surface area contributed by atoms with E-state index in [2.05, 4.69) is 20.9 Å². The monoisotopic (exact) mass is 258 g/mol. The Bertz CT molecular complexity index is 514. The summed E-state index contributed by atoms with van der Waals surface area (Å²) in [6.45, 7) is 0. The van der Waals surface area contributed by atoms with Crippen molar-refractivity contribution in [2.45, 2.75) is 0 Å². The number of nitrogens with zero attached hydrogens (tertiary/aromatic N) is 1. The first-order valence-electron chi connectivity index (χ1n) is 3.78. The molecule has 0 fully saturated rings. The van der Waals surface area contributed by atoms with Crippen molar-refractivity contribution in [3.05, 3.63) is 34.4 Å². The first-order chi connectivity index (χ1) is 6.59. The molecule has 0 spiro atoms. The molecule has 0 aliphatic heterocycles. The number of rotatable bonds is 0. The summed E-state index contributed by atoms with van der Waals surface area (Å²) in [5.41, 5.74) is 6.02. The number of hydrogen-bond acceptors (Lipinski definition) is 2. The lowest BCUT2D eigenvalue weighted by atomic mass is 10.2. The molecule has 5 heteroatoms. The summed E-state index contributed by atoms with van der Waals surface area (Å²) in [7, 11) is 0. The van der Waals surface area contributed by atoms with Crippen molar-refractivity contribution in [3.8, 4) is 0 Å². The number of nitrogen functional groups attached to an aromatic ring is 1. The number of hydrogen-bond donors (Lipinski definition) is 1. The Morgan fingerprint density at radius 1 is 1.21 bits per heavy atom. The fraction of sp³-hybridized carbons (Fsp3) is 0. The summed E-state index contributed by atoms with van der Waals surface area (Å²) in [5, 5.41) is 0.207. The van der Waals surface area contributed by atoms with E-state index in [-0.39, 0.29) is 15.4 Å². The molecule has 2 aromatic rings. The number of anilines is 1. The number of nitrogens with two attached hydrogens (primary N) is 1. The molecule has 72 valence electrons. The Labute approximate surface area is 86.9 Å². The average Bonchev–Trinajstić information content (AvgIpc) is 2.14. The molecule has 0 atom stereocenters. The van der Waals surface area contributed by atoms with Crippen LogP contribution in [-0.2, 0) is 0 Å². The predicted molar refractivity (Wildman–Crippen MR) is 53.8 cm³/mol. The maximum absolute atomic E-state index is 13.3. The van der Waals surface area contributed by atoms with Gasteiger partial charge in [0.05, 0.1) is 21.9 Å². The van der Waals surface area contributed by atoms with Gasteiger partial charge < -0.3 is 5.73 Å². The largest absolute Gasteiger partial charge is 0.397 e. The molecule has 0 bridgehead atoms. The van der Waals surface area contributed by atoms with Crippen molar-refractivity contribution >= 4 is 32.5 Å². The minimum atomic E-state index is -0.674. The molecule has 0 saturated heterocycles. The molecule has 2 nitrogen and oxygen atoms in total. The van der Waals surface area contributed by atoms with Gasteiger partial charge in [-0.15, -0.1) is 0 Å². The van der Waals surface area contributed by atoms with Crippen molar-refractivity contribution in [3.63, 3.8) is 0 Å². The molecule has 0 amide bonds. The van der Waals surface area contributed by atoms with Gasteiger partial charge in [0.2, 0.25) is 0 Å². The lowest BCUT2D eigenvalue weighted by Crippen LogP contribution is -1.92. The molecular formula is C9H5BrF2N2. The zero-order valence-electron chi connectivity index (χ0n) is 6.89. The Hall–Kier alpha value is -1.23. The highest BCUT2D eigenvalue weighted by molar-refractivity contribution is 9.10. The summed E-state index contributed by atoms with van der Waals surface area (Å²) >= 11 is 2.99. The van der Waals surface area contributed by atoms with Gasteiger partial charge in [-0.1, -0.05) is 0 Å². The highest BCUT2D eigenvalue weighted by Crippen LogP contribution is 2.28. The third-order valence-electron chi connectivity index (χ3n) is 1.84. The summed E-state index contributed by atoms with van der Waals surface area (Å²) in [6.07, 6.45) is 1.35. The Morgan fingerprint density at radius 3 is 2.64 bits per heavy atom. The zero-order valence-corrected chi connectivity index (χ0v) is 8.48. The van der Waals surface area contributed by atoms with Crippen LogP contribution in [0.5, 0.6) is 0 Å². The smallest absolute Gasteiger partial charge is 0.142 e. The number of halogens is 3. The number of fused-ring (bicyclic) bond motifs is 1. The zero-order chi connectivity index (χ0) is 10.3. The standard InChI is InChI=1S/C9H5BrF2N2/c10-8-7(12)2-6(11)5-1-4(13)3-14-9(5)8/h1-3H,13H2. The molecule has 14 heavy (non-hydrogen) atoms. The van der Waals surface area contributed by atoms with Crippen LogP contribution in [0.2, 0.25) is 0 Å². The van der Waals surface area contributed by atoms with Gasteiger partial charge in [0.1, 0.15) is 11.6 Å². The molecule has 0 saturated carbocycles. The first-order valence-corrected chi connectivity index (χ1v) is 4.57. The van der Waals surface area contributed by atoms with Crippen LogP contribution in [0.25, 0.3) is 10.9 Å². The molecule has 0 unspecified atom stereocenters. The van der Waals surface area contributed by atoms with Crippen LogP contribution in [-0.4, -0.2) is 4.98 Å². The topological polar surface area (TPSA) is 38.9 Å². The van der Waals surface area contributed by atoms with Gasteiger partial charge in [0.25, 0.3) is 0 Å². The number of pyridine rings is 1.